The number of pyridine rings is 1. The van der Waals surface area contributed by atoms with E-state index in [2.05, 4.69) is 37.7 Å². The molecule has 1 fully saturated rings. The van der Waals surface area contributed by atoms with Gasteiger partial charge in [-0.1, -0.05) is 37.4 Å². The number of nitrogens with zero attached hydrogens (tertiary/aromatic N) is 6. The van der Waals surface area contributed by atoms with E-state index in [0.717, 1.165) is 30.5 Å². The van der Waals surface area contributed by atoms with Crippen molar-refractivity contribution in [2.45, 2.75) is 102 Å². The van der Waals surface area contributed by atoms with Crippen LogP contribution in [0.4, 0.5) is 48.7 Å². The molecule has 7 rings (SSSR count). The topological polar surface area (TPSA) is 216 Å². The summed E-state index contributed by atoms with van der Waals surface area (Å²) in [6.07, 6.45) is -12.5. The minimum Gasteiger partial charge on any atom is -0.465 e. The summed E-state index contributed by atoms with van der Waals surface area (Å²) in [5.41, 5.74) is -7.33. The van der Waals surface area contributed by atoms with Crippen LogP contribution in [0.2, 0.25) is 5.02 Å². The molecular formula is C46H43ClF10N8O8S2. The van der Waals surface area contributed by atoms with Crippen LogP contribution in [0.25, 0.3) is 22.0 Å². The zero-order chi connectivity index (χ0) is 55.7. The molecule has 3 amide bonds. The van der Waals surface area contributed by atoms with Crippen molar-refractivity contribution < 1.29 is 80.2 Å². The summed E-state index contributed by atoms with van der Waals surface area (Å²) >= 11 is 6.66. The Hall–Kier alpha value is -6.47. The van der Waals surface area contributed by atoms with Gasteiger partial charge < -0.3 is 15.7 Å². The van der Waals surface area contributed by atoms with Gasteiger partial charge in [0.2, 0.25) is 22.7 Å². The first-order valence-corrected chi connectivity index (χ1v) is 25.6. The Bertz CT molecular complexity index is 3390. The zero-order valence-electron chi connectivity index (χ0n) is 39.7. The SMILES string of the molecule is CC(C)(CNC(=O)O)CC(=O)N(Cc1nn(CC(F)(F)F)c2c(-c3ccc(C#CC(C)(C)S(C)(=O)=O)nc3[C@H](Cc3cc(F)cc(F)c3)NC(=O)Cn3nc(C(F)(F)F)c4c3C(F)(F)[C@@H]3C[C@H]43)ccc(Cl)c12)[SH](=O)=O. The molecule has 0 saturated heterocycles. The van der Waals surface area contributed by atoms with Crippen LogP contribution in [0.15, 0.2) is 42.5 Å². The maximum Gasteiger partial charge on any atom is 0.435 e. The molecule has 2 aromatic carbocycles. The minimum absolute atomic E-state index is 0.194. The molecule has 0 bridgehead atoms. The van der Waals surface area contributed by atoms with Gasteiger partial charge in [-0.3, -0.25) is 19.0 Å². The number of aromatic nitrogens is 5. The fourth-order valence-electron chi connectivity index (χ4n) is 8.72. The van der Waals surface area contributed by atoms with E-state index in [1.807, 2.05) is 0 Å². The van der Waals surface area contributed by atoms with Crippen molar-refractivity contribution in [3.05, 3.63) is 98.7 Å². The van der Waals surface area contributed by atoms with E-state index in [1.54, 1.807) is 0 Å². The lowest BCUT2D eigenvalue weighted by atomic mass is 9.89. The Kier molecular flexibility index (Phi) is 14.9. The van der Waals surface area contributed by atoms with Gasteiger partial charge in [-0.15, -0.1) is 0 Å². The third kappa shape index (κ3) is 12.1. The number of hydrogen-bond donors (Lipinski definition) is 4. The van der Waals surface area contributed by atoms with Gasteiger partial charge in [-0.25, -0.2) is 39.7 Å². The van der Waals surface area contributed by atoms with Crippen LogP contribution in [-0.2, 0) is 68.5 Å². The number of halogens is 11. The molecule has 75 heavy (non-hydrogen) atoms. The average Bonchev–Trinajstić information content (AvgIpc) is 3.78. The second-order valence-electron chi connectivity index (χ2n) is 19.3. The van der Waals surface area contributed by atoms with Crippen LogP contribution in [0.5, 0.6) is 0 Å². The highest BCUT2D eigenvalue weighted by molar-refractivity contribution is 7.92. The summed E-state index contributed by atoms with van der Waals surface area (Å²) in [6.45, 7) is 0.769. The highest BCUT2D eigenvalue weighted by atomic mass is 35.5. The van der Waals surface area contributed by atoms with Gasteiger partial charge in [0.25, 0.3) is 5.92 Å². The third-order valence-electron chi connectivity index (χ3n) is 12.5. The number of fused-ring (bicyclic) bond motifs is 4. The average molecular weight is 1130 g/mol. The Labute approximate surface area is 426 Å². The first-order chi connectivity index (χ1) is 34.5. The lowest BCUT2D eigenvalue weighted by Gasteiger charge is -2.26. The van der Waals surface area contributed by atoms with Gasteiger partial charge in [0, 0.05) is 53.3 Å². The molecule has 3 aromatic heterocycles. The molecule has 3 N–H and O–H groups in total. The highest BCUT2D eigenvalue weighted by Crippen LogP contribution is 2.68. The maximum absolute atomic E-state index is 15.6. The number of hydrogen-bond acceptors (Lipinski definition) is 10. The van der Waals surface area contributed by atoms with Gasteiger partial charge in [0.1, 0.15) is 40.9 Å². The molecule has 3 atom stereocenters. The highest BCUT2D eigenvalue weighted by Gasteiger charge is 2.68. The van der Waals surface area contributed by atoms with Crippen molar-refractivity contribution in [2.75, 3.05) is 12.8 Å². The fraction of sp³-hybridized carbons (Fsp3) is 0.435. The molecule has 0 aliphatic heterocycles. The number of carbonyl (C=O) groups excluding carboxylic acids is 2. The number of carboxylic acid groups (broad SMARTS) is 1. The van der Waals surface area contributed by atoms with Gasteiger partial charge >= 0.3 is 18.4 Å². The van der Waals surface area contributed by atoms with E-state index in [1.165, 1.54) is 39.8 Å². The summed E-state index contributed by atoms with van der Waals surface area (Å²) < 4.78 is 197. The summed E-state index contributed by atoms with van der Waals surface area (Å²) in [4.78, 5) is 43.4. The second kappa shape index (κ2) is 19.9. The van der Waals surface area contributed by atoms with E-state index in [-0.39, 0.29) is 54.7 Å². The van der Waals surface area contributed by atoms with Crippen LogP contribution in [0.3, 0.4) is 0 Å². The van der Waals surface area contributed by atoms with E-state index in [0.29, 0.717) is 10.7 Å². The number of sulfone groups is 1. The van der Waals surface area contributed by atoms with Crippen molar-refractivity contribution >= 4 is 61.1 Å². The number of benzene rings is 2. The quantitative estimate of drug-likeness (QED) is 0.0424. The number of carbonyl (C=O) groups is 3. The van der Waals surface area contributed by atoms with Gasteiger partial charge in [-0.05, 0) is 79.8 Å². The lowest BCUT2D eigenvalue weighted by molar-refractivity contribution is -0.143. The Morgan fingerprint density at radius 3 is 2.20 bits per heavy atom. The van der Waals surface area contributed by atoms with Crippen LogP contribution < -0.4 is 10.6 Å². The summed E-state index contributed by atoms with van der Waals surface area (Å²) in [7, 11) is -7.78. The van der Waals surface area contributed by atoms with Crippen LogP contribution in [0.1, 0.15) is 92.1 Å². The first kappa shape index (κ1) is 56.3. The third-order valence-corrected chi connectivity index (χ3v) is 15.6. The smallest absolute Gasteiger partial charge is 0.435 e. The largest absolute Gasteiger partial charge is 0.465 e. The minimum atomic E-state index is -5.23. The number of nitrogens with one attached hydrogen (secondary N) is 2. The van der Waals surface area contributed by atoms with Gasteiger partial charge in [0.05, 0.1) is 34.5 Å². The van der Waals surface area contributed by atoms with Crippen LogP contribution in [-0.4, -0.2) is 92.4 Å². The molecule has 16 nitrogen and oxygen atoms in total. The number of alkyl halides is 8. The fourth-order valence-corrected chi connectivity index (χ4v) is 9.72. The molecule has 2 aliphatic rings. The molecule has 3 heterocycles. The Morgan fingerprint density at radius 1 is 0.973 bits per heavy atom. The van der Waals surface area contributed by atoms with Crippen molar-refractivity contribution in [3.8, 4) is 23.0 Å². The number of amides is 3. The van der Waals surface area contributed by atoms with Crippen molar-refractivity contribution in [3.63, 3.8) is 0 Å². The summed E-state index contributed by atoms with van der Waals surface area (Å²) in [6, 6.07) is 4.96. The van der Waals surface area contributed by atoms with Crippen LogP contribution in [0, 0.1) is 34.8 Å². The monoisotopic (exact) mass is 1120 g/mol. The summed E-state index contributed by atoms with van der Waals surface area (Å²) in [5, 5.41) is 20.3. The Morgan fingerprint density at radius 2 is 1.61 bits per heavy atom. The molecule has 0 spiro atoms. The standard InChI is InChI=1S/C46H43ClF10N8O8S2/c1-42(2,20-58-41(68)69)17-34(67)65(74(70)71)18-32-36-30(47)9-8-27(38(36)64(61-32)21-44(50,51)52)26-7-6-25(10-11-43(3,4)75(5,72)73)59-37(26)31(14-22-12-23(48)15-24(49)13-22)60-33(66)19-63-40-35(39(62-63)46(55,56)57)28-16-29(28)45(40,53)54/h6-9,12-13,15,28-29,31,58,74H,14,16-21H2,1-5H3,(H,60,66)(H,68,69)/t28-,29+,31-/m0/s1. The molecule has 5 aromatic rings. The summed E-state index contributed by atoms with van der Waals surface area (Å²) in [5.74, 6) is -6.17. The van der Waals surface area contributed by atoms with E-state index < -0.39 is 163 Å². The van der Waals surface area contributed by atoms with Gasteiger partial charge in [0.15, 0.2) is 15.5 Å². The molecule has 29 heteroatoms. The molecule has 2 aliphatic carbocycles. The second-order valence-corrected chi connectivity index (χ2v) is 23.3. The normalized spacial score (nSPS) is 16.8. The van der Waals surface area contributed by atoms with E-state index in [4.69, 9.17) is 16.7 Å². The lowest BCUT2D eigenvalue weighted by Crippen LogP contribution is -2.38. The molecule has 1 saturated carbocycles. The first-order valence-electron chi connectivity index (χ1n) is 22.2. The predicted molar refractivity (Wildman–Crippen MR) is 248 cm³/mol. The Balaban J connectivity index is 1.43. The molecule has 404 valence electrons. The van der Waals surface area contributed by atoms with Crippen molar-refractivity contribution in [2.24, 2.45) is 11.3 Å². The zero-order valence-corrected chi connectivity index (χ0v) is 42.2. The van der Waals surface area contributed by atoms with Crippen molar-refractivity contribution in [1.29, 1.82) is 0 Å². The maximum atomic E-state index is 15.6. The van der Waals surface area contributed by atoms with Gasteiger partial charge in [-0.2, -0.15) is 45.3 Å². The van der Waals surface area contributed by atoms with Crippen molar-refractivity contribution in [1.82, 2.24) is 39.5 Å². The molecular weight excluding hydrogens is 1080 g/mol. The van der Waals surface area contributed by atoms with Crippen LogP contribution >= 0.6 is 11.6 Å². The number of rotatable bonds is 16. The molecule has 0 radical (unpaired) electrons. The number of thiol groups is 1. The molecule has 0 unspecified atom stereocenters. The van der Waals surface area contributed by atoms with E-state index >= 15 is 8.78 Å². The predicted octanol–water partition coefficient (Wildman–Crippen LogP) is 7.83. The van der Waals surface area contributed by atoms with E-state index in [9.17, 15) is 66.3 Å².